The van der Waals surface area contributed by atoms with Crippen molar-refractivity contribution in [1.82, 2.24) is 5.43 Å². The molecule has 28 heavy (non-hydrogen) atoms. The normalized spacial score (nSPS) is 10.9. The molecule has 150 valence electrons. The second-order valence-electron chi connectivity index (χ2n) is 6.70. The molecule has 0 bridgehead atoms. The topological polar surface area (TPSA) is 53.9 Å². The number of rotatable bonds is 10. The van der Waals surface area contributed by atoms with Gasteiger partial charge in [0.2, 0.25) is 5.91 Å². The van der Waals surface area contributed by atoms with Crippen LogP contribution >= 0.6 is 0 Å². The minimum absolute atomic E-state index is 0.0674. The number of carbonyl (C=O) groups is 1. The lowest BCUT2D eigenvalue weighted by Crippen LogP contribution is -2.21. The van der Waals surface area contributed by atoms with Crippen LogP contribution in [0.5, 0.6) is 5.75 Å². The molecule has 0 aliphatic heterocycles. The van der Waals surface area contributed by atoms with Gasteiger partial charge in [0.1, 0.15) is 5.75 Å². The lowest BCUT2D eigenvalue weighted by atomic mass is 10.0. The fourth-order valence-corrected chi connectivity index (χ4v) is 3.11. The Labute approximate surface area is 168 Å². The van der Waals surface area contributed by atoms with Gasteiger partial charge >= 0.3 is 0 Å². The molecule has 1 N–H and O–H groups in total. The zero-order valence-electron chi connectivity index (χ0n) is 17.4. The van der Waals surface area contributed by atoms with Crippen LogP contribution in [0.15, 0.2) is 47.6 Å². The molecule has 5 heteroatoms. The number of anilines is 1. The summed E-state index contributed by atoms with van der Waals surface area (Å²) in [5, 5.41) is 4.07. The molecule has 2 aromatic rings. The predicted octanol–water partition coefficient (Wildman–Crippen LogP) is 4.32. The lowest BCUT2D eigenvalue weighted by molar-refractivity contribution is -0.121. The van der Waals surface area contributed by atoms with Crippen molar-refractivity contribution in [2.75, 3.05) is 25.1 Å². The Hall–Kier alpha value is -2.82. The summed E-state index contributed by atoms with van der Waals surface area (Å²) in [6.45, 7) is 8.31. The smallest absolute Gasteiger partial charge is 0.240 e. The molecule has 0 fully saturated rings. The van der Waals surface area contributed by atoms with Crippen LogP contribution in [0.3, 0.4) is 0 Å². The molecule has 0 saturated carbocycles. The summed E-state index contributed by atoms with van der Waals surface area (Å²) in [6.07, 6.45) is 3.77. The Morgan fingerprint density at radius 3 is 2.46 bits per heavy atom. The van der Waals surface area contributed by atoms with Crippen molar-refractivity contribution in [2.24, 2.45) is 5.10 Å². The van der Waals surface area contributed by atoms with Gasteiger partial charge in [-0.2, -0.15) is 5.10 Å². The van der Waals surface area contributed by atoms with E-state index in [9.17, 15) is 4.79 Å². The summed E-state index contributed by atoms with van der Waals surface area (Å²) in [4.78, 5) is 14.3. The molecule has 0 heterocycles. The molecular weight excluding hydrogens is 350 g/mol. The minimum atomic E-state index is -0.0674. The van der Waals surface area contributed by atoms with Crippen LogP contribution in [0, 0.1) is 6.92 Å². The quantitative estimate of drug-likeness (QED) is 0.492. The number of methoxy groups -OCH3 is 1. The standard InChI is InChI=1S/C23H31N3O2/c1-5-26(6-2)21-13-10-19(11-14-21)17-24-25-23(27)9-7-8-20-12-15-22(28-4)16-18(20)3/h10-17H,5-9H2,1-4H3,(H,25,27)/b24-17-. The van der Waals surface area contributed by atoms with E-state index < -0.39 is 0 Å². The SMILES string of the molecule is CCN(CC)c1ccc(/C=N\NC(=O)CCCc2ccc(OC)cc2C)cc1. The fraction of sp³-hybridized carbons (Fsp3) is 0.391. The number of benzene rings is 2. The van der Waals surface area contributed by atoms with Crippen LogP contribution in [-0.4, -0.2) is 32.3 Å². The molecule has 0 aliphatic rings. The number of aryl methyl sites for hydroxylation is 2. The molecule has 0 atom stereocenters. The average molecular weight is 382 g/mol. The molecule has 0 saturated heterocycles. The third-order valence-electron chi connectivity index (χ3n) is 4.82. The third kappa shape index (κ3) is 6.41. The van der Waals surface area contributed by atoms with Crippen molar-refractivity contribution >= 4 is 17.8 Å². The number of nitrogens with zero attached hydrogens (tertiary/aromatic N) is 2. The van der Waals surface area contributed by atoms with Gasteiger partial charge < -0.3 is 9.64 Å². The summed E-state index contributed by atoms with van der Waals surface area (Å²) in [5.74, 6) is 0.792. The largest absolute Gasteiger partial charge is 0.497 e. The number of amides is 1. The van der Waals surface area contributed by atoms with Gasteiger partial charge in [0.25, 0.3) is 0 Å². The van der Waals surface area contributed by atoms with E-state index in [1.165, 1.54) is 16.8 Å². The molecule has 1 amide bonds. The zero-order valence-corrected chi connectivity index (χ0v) is 17.4. The maximum atomic E-state index is 12.0. The number of hydrogen-bond acceptors (Lipinski definition) is 4. The first-order valence-electron chi connectivity index (χ1n) is 9.87. The van der Waals surface area contributed by atoms with Crippen LogP contribution < -0.4 is 15.1 Å². The van der Waals surface area contributed by atoms with Crippen molar-refractivity contribution in [3.8, 4) is 5.75 Å². The van der Waals surface area contributed by atoms with Crippen LogP contribution in [-0.2, 0) is 11.2 Å². The van der Waals surface area contributed by atoms with E-state index in [0.717, 1.165) is 37.2 Å². The highest BCUT2D eigenvalue weighted by Gasteiger charge is 2.04. The Bertz CT molecular complexity index is 781. The molecule has 2 rings (SSSR count). The third-order valence-corrected chi connectivity index (χ3v) is 4.82. The minimum Gasteiger partial charge on any atom is -0.497 e. The van der Waals surface area contributed by atoms with E-state index in [1.807, 2.05) is 24.3 Å². The van der Waals surface area contributed by atoms with E-state index in [2.05, 4.69) is 54.4 Å². The van der Waals surface area contributed by atoms with Crippen molar-refractivity contribution in [3.63, 3.8) is 0 Å². The highest BCUT2D eigenvalue weighted by atomic mass is 16.5. The summed E-state index contributed by atoms with van der Waals surface area (Å²) in [6, 6.07) is 14.2. The number of nitrogens with one attached hydrogen (secondary N) is 1. The second kappa shape index (κ2) is 11.1. The van der Waals surface area contributed by atoms with Gasteiger partial charge in [-0.3, -0.25) is 4.79 Å². The molecule has 0 unspecified atom stereocenters. The fourth-order valence-electron chi connectivity index (χ4n) is 3.11. The Kier molecular flexibility index (Phi) is 8.53. The predicted molar refractivity (Wildman–Crippen MR) is 116 cm³/mol. The van der Waals surface area contributed by atoms with E-state index in [0.29, 0.717) is 6.42 Å². The number of hydrogen-bond donors (Lipinski definition) is 1. The van der Waals surface area contributed by atoms with Crippen LogP contribution in [0.25, 0.3) is 0 Å². The molecular formula is C23H31N3O2. The molecule has 0 spiro atoms. The van der Waals surface area contributed by atoms with Crippen molar-refractivity contribution in [1.29, 1.82) is 0 Å². The highest BCUT2D eigenvalue weighted by molar-refractivity contribution is 5.82. The summed E-state index contributed by atoms with van der Waals surface area (Å²) in [5.41, 5.74) is 7.19. The Morgan fingerprint density at radius 1 is 1.14 bits per heavy atom. The van der Waals surface area contributed by atoms with Crippen molar-refractivity contribution in [2.45, 2.75) is 40.0 Å². The van der Waals surface area contributed by atoms with Crippen LogP contribution in [0.1, 0.15) is 43.4 Å². The second-order valence-corrected chi connectivity index (χ2v) is 6.70. The van der Waals surface area contributed by atoms with Gasteiger partial charge in [-0.15, -0.1) is 0 Å². The van der Waals surface area contributed by atoms with Gasteiger partial charge in [-0.1, -0.05) is 18.2 Å². The van der Waals surface area contributed by atoms with Crippen molar-refractivity contribution < 1.29 is 9.53 Å². The summed E-state index contributed by atoms with van der Waals surface area (Å²) >= 11 is 0. The molecule has 2 aromatic carbocycles. The zero-order chi connectivity index (χ0) is 20.4. The maximum absolute atomic E-state index is 12.0. The Balaban J connectivity index is 1.76. The Morgan fingerprint density at radius 2 is 1.86 bits per heavy atom. The number of ether oxygens (including phenoxy) is 1. The molecule has 0 aromatic heterocycles. The first-order chi connectivity index (χ1) is 13.6. The van der Waals surface area contributed by atoms with Gasteiger partial charge in [0.15, 0.2) is 0 Å². The first-order valence-corrected chi connectivity index (χ1v) is 9.87. The number of hydrazone groups is 1. The first kappa shape index (κ1) is 21.5. The van der Waals surface area contributed by atoms with Gasteiger partial charge in [-0.25, -0.2) is 5.43 Å². The van der Waals surface area contributed by atoms with Crippen molar-refractivity contribution in [3.05, 3.63) is 59.2 Å². The van der Waals surface area contributed by atoms with E-state index in [4.69, 9.17) is 4.74 Å². The number of carbonyl (C=O) groups excluding carboxylic acids is 1. The molecule has 0 radical (unpaired) electrons. The average Bonchev–Trinajstić information content (AvgIpc) is 2.71. The summed E-state index contributed by atoms with van der Waals surface area (Å²) < 4.78 is 5.22. The monoisotopic (exact) mass is 381 g/mol. The van der Waals surface area contributed by atoms with E-state index >= 15 is 0 Å². The molecule has 0 aliphatic carbocycles. The maximum Gasteiger partial charge on any atom is 0.240 e. The van der Waals surface area contributed by atoms with Crippen LogP contribution in [0.2, 0.25) is 0 Å². The summed E-state index contributed by atoms with van der Waals surface area (Å²) in [7, 11) is 1.67. The van der Waals surface area contributed by atoms with E-state index in [1.54, 1.807) is 13.3 Å². The van der Waals surface area contributed by atoms with Gasteiger partial charge in [0.05, 0.1) is 13.3 Å². The van der Waals surface area contributed by atoms with Gasteiger partial charge in [-0.05, 0) is 74.6 Å². The van der Waals surface area contributed by atoms with Gasteiger partial charge in [0, 0.05) is 25.2 Å². The lowest BCUT2D eigenvalue weighted by Gasteiger charge is -2.20. The van der Waals surface area contributed by atoms with E-state index in [-0.39, 0.29) is 5.91 Å². The van der Waals surface area contributed by atoms with Crippen LogP contribution in [0.4, 0.5) is 5.69 Å². The highest BCUT2D eigenvalue weighted by Crippen LogP contribution is 2.18. The molecule has 5 nitrogen and oxygen atoms in total.